The average Bonchev–Trinajstić information content (AvgIpc) is 2.30. The van der Waals surface area contributed by atoms with E-state index in [1.54, 1.807) is 0 Å². The number of nitrogens with zero attached hydrogens (tertiary/aromatic N) is 1. The minimum atomic E-state index is -0.481. The molecule has 0 atom stereocenters. The Bertz CT molecular complexity index is 553. The van der Waals surface area contributed by atoms with E-state index in [1.165, 1.54) is 42.5 Å². The Balaban J connectivity index is 2.49. The SMILES string of the molecule is N#Cc1ccc(-c2ccc(F)cc2)c(F)c1. The molecule has 2 rings (SSSR count). The summed E-state index contributed by atoms with van der Waals surface area (Å²) in [6.07, 6.45) is 0. The molecule has 0 aliphatic carbocycles. The standard InChI is InChI=1S/C13H7F2N/c14-11-4-2-10(3-5-11)12-6-1-9(8-16)7-13(12)15/h1-7H. The van der Waals surface area contributed by atoms with Gasteiger partial charge < -0.3 is 0 Å². The molecule has 0 amide bonds. The van der Waals surface area contributed by atoms with E-state index < -0.39 is 5.82 Å². The second-order valence-corrected chi connectivity index (χ2v) is 3.31. The van der Waals surface area contributed by atoms with Gasteiger partial charge in [-0.1, -0.05) is 18.2 Å². The van der Waals surface area contributed by atoms with Crippen LogP contribution in [-0.2, 0) is 0 Å². The first-order valence-corrected chi connectivity index (χ1v) is 4.66. The zero-order valence-electron chi connectivity index (χ0n) is 8.24. The smallest absolute Gasteiger partial charge is 0.132 e. The van der Waals surface area contributed by atoms with Crippen LogP contribution in [0.25, 0.3) is 11.1 Å². The molecule has 1 nitrogen and oxygen atoms in total. The van der Waals surface area contributed by atoms with E-state index in [-0.39, 0.29) is 11.4 Å². The van der Waals surface area contributed by atoms with Gasteiger partial charge in [-0.15, -0.1) is 0 Å². The van der Waals surface area contributed by atoms with Crippen molar-refractivity contribution >= 4 is 0 Å². The van der Waals surface area contributed by atoms with E-state index in [2.05, 4.69) is 0 Å². The summed E-state index contributed by atoms with van der Waals surface area (Å²) in [7, 11) is 0. The summed E-state index contributed by atoms with van der Waals surface area (Å²) in [5.41, 5.74) is 1.21. The van der Waals surface area contributed by atoms with E-state index in [0.717, 1.165) is 0 Å². The fourth-order valence-electron chi connectivity index (χ4n) is 1.45. The minimum absolute atomic E-state index is 0.267. The Kier molecular flexibility index (Phi) is 2.65. The van der Waals surface area contributed by atoms with Crippen molar-refractivity contribution in [3.05, 3.63) is 59.7 Å². The van der Waals surface area contributed by atoms with E-state index in [1.807, 2.05) is 6.07 Å². The maximum atomic E-state index is 13.6. The van der Waals surface area contributed by atoms with Crippen molar-refractivity contribution in [1.82, 2.24) is 0 Å². The van der Waals surface area contributed by atoms with Crippen LogP contribution in [0.4, 0.5) is 8.78 Å². The molecule has 0 unspecified atom stereocenters. The van der Waals surface area contributed by atoms with E-state index >= 15 is 0 Å². The number of benzene rings is 2. The first-order valence-electron chi connectivity index (χ1n) is 4.66. The third kappa shape index (κ3) is 1.91. The molecule has 0 aliphatic rings. The van der Waals surface area contributed by atoms with E-state index in [9.17, 15) is 8.78 Å². The summed E-state index contributed by atoms with van der Waals surface area (Å²) in [6, 6.07) is 11.6. The Morgan fingerprint density at radius 1 is 0.938 bits per heavy atom. The third-order valence-corrected chi connectivity index (χ3v) is 2.25. The molecule has 0 bridgehead atoms. The molecule has 0 N–H and O–H groups in total. The highest BCUT2D eigenvalue weighted by atomic mass is 19.1. The predicted octanol–water partition coefficient (Wildman–Crippen LogP) is 3.50. The van der Waals surface area contributed by atoms with Gasteiger partial charge in [0.05, 0.1) is 11.6 Å². The van der Waals surface area contributed by atoms with Crippen LogP contribution in [0.2, 0.25) is 0 Å². The van der Waals surface area contributed by atoms with Crippen molar-refractivity contribution in [2.45, 2.75) is 0 Å². The van der Waals surface area contributed by atoms with Crippen molar-refractivity contribution in [3.8, 4) is 17.2 Å². The molecule has 2 aromatic carbocycles. The number of hydrogen-bond donors (Lipinski definition) is 0. The van der Waals surface area contributed by atoms with Gasteiger partial charge in [-0.3, -0.25) is 0 Å². The molecule has 0 heterocycles. The molecular weight excluding hydrogens is 208 g/mol. The van der Waals surface area contributed by atoms with Crippen LogP contribution >= 0.6 is 0 Å². The normalized spacial score (nSPS) is 9.81. The maximum Gasteiger partial charge on any atom is 0.132 e. The molecule has 0 radical (unpaired) electrons. The average molecular weight is 215 g/mol. The first kappa shape index (κ1) is 10.3. The summed E-state index contributed by atoms with van der Waals surface area (Å²) < 4.78 is 26.3. The first-order chi connectivity index (χ1) is 7.70. The lowest BCUT2D eigenvalue weighted by atomic mass is 10.0. The van der Waals surface area contributed by atoms with E-state index in [0.29, 0.717) is 11.1 Å². The molecule has 0 saturated carbocycles. The monoisotopic (exact) mass is 215 g/mol. The highest BCUT2D eigenvalue weighted by Crippen LogP contribution is 2.23. The van der Waals surface area contributed by atoms with Crippen molar-refractivity contribution < 1.29 is 8.78 Å². The largest absolute Gasteiger partial charge is 0.207 e. The van der Waals surface area contributed by atoms with Gasteiger partial charge in [-0.05, 0) is 29.8 Å². The highest BCUT2D eigenvalue weighted by Gasteiger charge is 2.05. The summed E-state index contributed by atoms with van der Waals surface area (Å²) >= 11 is 0. The molecule has 0 spiro atoms. The topological polar surface area (TPSA) is 23.8 Å². The third-order valence-electron chi connectivity index (χ3n) is 2.25. The van der Waals surface area contributed by atoms with E-state index in [4.69, 9.17) is 5.26 Å². The zero-order chi connectivity index (χ0) is 11.5. The number of halogens is 2. The van der Waals surface area contributed by atoms with Crippen LogP contribution in [0.1, 0.15) is 5.56 Å². The summed E-state index contributed by atoms with van der Waals surface area (Å²) in [5.74, 6) is -0.844. The number of rotatable bonds is 1. The van der Waals surface area contributed by atoms with Crippen molar-refractivity contribution in [1.29, 1.82) is 5.26 Å². The van der Waals surface area contributed by atoms with Crippen LogP contribution < -0.4 is 0 Å². The molecule has 0 saturated heterocycles. The Hall–Kier alpha value is -2.21. The van der Waals surface area contributed by atoms with Crippen LogP contribution in [0.3, 0.4) is 0 Å². The van der Waals surface area contributed by atoms with Crippen LogP contribution in [0, 0.1) is 23.0 Å². The fourth-order valence-corrected chi connectivity index (χ4v) is 1.45. The molecule has 0 aromatic heterocycles. The molecular formula is C13H7F2N. The Labute approximate surface area is 91.6 Å². The summed E-state index contributed by atoms with van der Waals surface area (Å²) in [4.78, 5) is 0. The molecule has 3 heteroatoms. The Morgan fingerprint density at radius 3 is 2.19 bits per heavy atom. The summed E-state index contributed by atoms with van der Waals surface area (Å²) in [6.45, 7) is 0. The zero-order valence-corrected chi connectivity index (χ0v) is 8.24. The van der Waals surface area contributed by atoms with Crippen LogP contribution in [0.5, 0.6) is 0 Å². The Morgan fingerprint density at radius 2 is 1.62 bits per heavy atom. The van der Waals surface area contributed by atoms with Crippen molar-refractivity contribution in [2.75, 3.05) is 0 Å². The van der Waals surface area contributed by atoms with Gasteiger partial charge in [0.1, 0.15) is 11.6 Å². The number of nitriles is 1. The molecule has 0 fully saturated rings. The van der Waals surface area contributed by atoms with Gasteiger partial charge >= 0.3 is 0 Å². The van der Waals surface area contributed by atoms with Gasteiger partial charge in [0.2, 0.25) is 0 Å². The lowest BCUT2D eigenvalue weighted by Crippen LogP contribution is -1.86. The second kappa shape index (κ2) is 4.11. The molecule has 0 aliphatic heterocycles. The van der Waals surface area contributed by atoms with Crippen LogP contribution in [-0.4, -0.2) is 0 Å². The van der Waals surface area contributed by atoms with Gasteiger partial charge in [0, 0.05) is 5.56 Å². The highest BCUT2D eigenvalue weighted by molar-refractivity contribution is 5.64. The van der Waals surface area contributed by atoms with Crippen molar-refractivity contribution in [2.24, 2.45) is 0 Å². The lowest BCUT2D eigenvalue weighted by Gasteiger charge is -2.03. The van der Waals surface area contributed by atoms with Gasteiger partial charge in [-0.2, -0.15) is 5.26 Å². The minimum Gasteiger partial charge on any atom is -0.207 e. The predicted molar refractivity (Wildman–Crippen MR) is 56.5 cm³/mol. The van der Waals surface area contributed by atoms with Gasteiger partial charge in [-0.25, -0.2) is 8.78 Å². The fraction of sp³-hybridized carbons (Fsp3) is 0. The van der Waals surface area contributed by atoms with Gasteiger partial charge in [0.15, 0.2) is 0 Å². The van der Waals surface area contributed by atoms with Crippen molar-refractivity contribution in [3.63, 3.8) is 0 Å². The quantitative estimate of drug-likeness (QED) is 0.714. The summed E-state index contributed by atoms with van der Waals surface area (Å²) in [5, 5.41) is 8.59. The molecule has 16 heavy (non-hydrogen) atoms. The molecule has 78 valence electrons. The number of hydrogen-bond acceptors (Lipinski definition) is 1. The second-order valence-electron chi connectivity index (χ2n) is 3.31. The lowest BCUT2D eigenvalue weighted by molar-refractivity contribution is 0.625. The maximum absolute atomic E-state index is 13.6. The molecule has 2 aromatic rings. The van der Waals surface area contributed by atoms with Gasteiger partial charge in [0.25, 0.3) is 0 Å². The van der Waals surface area contributed by atoms with Crippen LogP contribution in [0.15, 0.2) is 42.5 Å².